The fourth-order valence-electron chi connectivity index (χ4n) is 3.83. The highest BCUT2D eigenvalue weighted by atomic mass is 19.4. The summed E-state index contributed by atoms with van der Waals surface area (Å²) in [6.07, 6.45) is -7.19. The lowest BCUT2D eigenvalue weighted by molar-refractivity contribution is -0.138. The molecule has 0 radical (unpaired) electrons. The average Bonchev–Trinajstić information content (AvgIpc) is 2.79. The zero-order valence-electron chi connectivity index (χ0n) is 19.6. The third-order valence-corrected chi connectivity index (χ3v) is 5.62. The van der Waals surface area contributed by atoms with Gasteiger partial charge < -0.3 is 9.80 Å². The summed E-state index contributed by atoms with van der Waals surface area (Å²) >= 11 is 0. The number of rotatable bonds is 5. The lowest BCUT2D eigenvalue weighted by Gasteiger charge is -2.30. The molecule has 1 fully saturated rings. The molecule has 0 atom stereocenters. The lowest BCUT2D eigenvalue weighted by Crippen LogP contribution is -2.42. The second kappa shape index (κ2) is 10.7. The molecule has 0 unspecified atom stereocenters. The molecule has 3 rings (SSSR count). The van der Waals surface area contributed by atoms with Crippen molar-refractivity contribution < 1.29 is 35.9 Å². The summed E-state index contributed by atoms with van der Waals surface area (Å²) in [6, 6.07) is 9.31. The van der Waals surface area contributed by atoms with E-state index in [9.17, 15) is 35.9 Å². The van der Waals surface area contributed by atoms with Crippen LogP contribution in [-0.2, 0) is 21.9 Å². The third-order valence-electron chi connectivity index (χ3n) is 5.62. The molecule has 0 aromatic heterocycles. The van der Waals surface area contributed by atoms with Crippen LogP contribution in [0.1, 0.15) is 28.7 Å². The quantitative estimate of drug-likeness (QED) is 0.391. The number of halogens is 6. The molecule has 2 aromatic carbocycles. The summed E-state index contributed by atoms with van der Waals surface area (Å²) in [5.74, 6) is -1.08. The molecule has 1 saturated heterocycles. The largest absolute Gasteiger partial charge is 0.416 e. The molecule has 0 spiro atoms. The van der Waals surface area contributed by atoms with Crippen molar-refractivity contribution >= 4 is 23.8 Å². The summed E-state index contributed by atoms with van der Waals surface area (Å²) in [6.45, 7) is -0.125. The first kappa shape index (κ1) is 27.2. The highest BCUT2D eigenvalue weighted by molar-refractivity contribution is 6.15. The van der Waals surface area contributed by atoms with Gasteiger partial charge in [0.05, 0.1) is 11.1 Å². The van der Waals surface area contributed by atoms with Crippen LogP contribution >= 0.6 is 0 Å². The minimum atomic E-state index is -4.68. The van der Waals surface area contributed by atoms with Gasteiger partial charge in [0.15, 0.2) is 5.78 Å². The van der Waals surface area contributed by atoms with Crippen molar-refractivity contribution in [2.75, 3.05) is 33.7 Å². The van der Waals surface area contributed by atoms with Crippen LogP contribution in [0.2, 0.25) is 0 Å². The van der Waals surface area contributed by atoms with Crippen LogP contribution in [0.3, 0.4) is 0 Å². The van der Waals surface area contributed by atoms with Crippen molar-refractivity contribution in [3.8, 4) is 0 Å². The van der Waals surface area contributed by atoms with E-state index in [-0.39, 0.29) is 47.7 Å². The van der Waals surface area contributed by atoms with Crippen molar-refractivity contribution in [1.82, 2.24) is 9.80 Å². The van der Waals surface area contributed by atoms with Crippen molar-refractivity contribution in [2.24, 2.45) is 0 Å². The van der Waals surface area contributed by atoms with Gasteiger partial charge >= 0.3 is 12.4 Å². The number of benzene rings is 2. The molecule has 0 aliphatic carbocycles. The third kappa shape index (κ3) is 6.63. The van der Waals surface area contributed by atoms with Crippen molar-refractivity contribution in [3.63, 3.8) is 0 Å². The van der Waals surface area contributed by atoms with Crippen LogP contribution in [0, 0.1) is 0 Å². The zero-order valence-corrected chi connectivity index (χ0v) is 19.6. The highest BCUT2D eigenvalue weighted by Crippen LogP contribution is 2.35. The summed E-state index contributed by atoms with van der Waals surface area (Å²) in [5.41, 5.74) is -2.71. The molecule has 1 heterocycles. The number of Topliss-reactive ketones (excluding diaryl/α,β-unsaturated/α-hetero) is 1. The van der Waals surface area contributed by atoms with Crippen molar-refractivity contribution in [3.05, 3.63) is 81.9 Å². The normalized spacial score (nSPS) is 17.4. The maximum absolute atomic E-state index is 13.5. The standard InChI is InChI=1S/C26H24F6N2O2/c1-33(2)12-11-23(35)34-15-19(13-17-7-3-5-9-21(17)25(27,28)29)24(36)20(16-34)14-18-8-4-6-10-22(18)26(30,31)32/h3-10,13-14H,11-12,15-16H2,1-2H3/b19-13+,20-14+. The fraction of sp³-hybridized carbons (Fsp3) is 0.308. The summed E-state index contributed by atoms with van der Waals surface area (Å²) in [7, 11) is 3.51. The predicted molar refractivity (Wildman–Crippen MR) is 124 cm³/mol. The maximum Gasteiger partial charge on any atom is 0.416 e. The molecule has 192 valence electrons. The Bertz CT molecular complexity index is 1120. The molecule has 1 amide bonds. The van der Waals surface area contributed by atoms with Gasteiger partial charge in [0.2, 0.25) is 5.91 Å². The van der Waals surface area contributed by atoms with Crippen LogP contribution in [-0.4, -0.2) is 55.2 Å². The van der Waals surface area contributed by atoms with E-state index in [1.54, 1.807) is 19.0 Å². The minimum Gasteiger partial charge on any atom is -0.334 e. The Balaban J connectivity index is 2.09. The Morgan fingerprint density at radius 1 is 0.833 bits per heavy atom. The monoisotopic (exact) mass is 510 g/mol. The number of carbonyl (C=O) groups is 2. The molecule has 4 nitrogen and oxygen atoms in total. The van der Waals surface area contributed by atoms with E-state index in [0.717, 1.165) is 24.3 Å². The number of amides is 1. The second-order valence-electron chi connectivity index (χ2n) is 8.64. The number of piperidine rings is 1. The summed E-state index contributed by atoms with van der Waals surface area (Å²) < 4.78 is 81.0. The maximum atomic E-state index is 13.5. The van der Waals surface area contributed by atoms with Gasteiger partial charge in [0, 0.05) is 37.2 Å². The SMILES string of the molecule is CN(C)CCC(=O)N1C/C(=C\c2ccccc2C(F)(F)F)C(=O)/C(=C/c2ccccc2C(F)(F)F)C1. The van der Waals surface area contributed by atoms with Crippen LogP contribution < -0.4 is 0 Å². The van der Waals surface area contributed by atoms with Crippen LogP contribution in [0.4, 0.5) is 26.3 Å². The Labute approximate surface area is 204 Å². The second-order valence-corrected chi connectivity index (χ2v) is 8.64. The fourth-order valence-corrected chi connectivity index (χ4v) is 3.83. The first-order valence-electron chi connectivity index (χ1n) is 11.0. The molecule has 1 aliphatic rings. The number of hydrogen-bond donors (Lipinski definition) is 0. The van der Waals surface area contributed by atoms with E-state index in [1.165, 1.54) is 41.3 Å². The molecule has 36 heavy (non-hydrogen) atoms. The molecule has 2 aromatic rings. The Morgan fingerprint density at radius 2 is 1.25 bits per heavy atom. The van der Waals surface area contributed by atoms with Crippen LogP contribution in [0.5, 0.6) is 0 Å². The highest BCUT2D eigenvalue weighted by Gasteiger charge is 2.35. The van der Waals surface area contributed by atoms with E-state index in [0.29, 0.717) is 6.54 Å². The molecule has 10 heteroatoms. The van der Waals surface area contributed by atoms with Gasteiger partial charge in [0.1, 0.15) is 0 Å². The predicted octanol–water partition coefficient (Wildman–Crippen LogP) is 5.55. The lowest BCUT2D eigenvalue weighted by atomic mass is 9.92. The van der Waals surface area contributed by atoms with Crippen LogP contribution in [0.25, 0.3) is 12.2 Å². The van der Waals surface area contributed by atoms with E-state index in [2.05, 4.69) is 0 Å². The van der Waals surface area contributed by atoms with Gasteiger partial charge in [-0.05, 0) is 49.5 Å². The first-order chi connectivity index (χ1) is 16.8. The Morgan fingerprint density at radius 3 is 1.64 bits per heavy atom. The average molecular weight is 510 g/mol. The number of hydrogen-bond acceptors (Lipinski definition) is 3. The number of likely N-dealkylation sites (tertiary alicyclic amines) is 1. The van der Waals surface area contributed by atoms with Crippen LogP contribution in [0.15, 0.2) is 59.7 Å². The first-order valence-corrected chi connectivity index (χ1v) is 11.0. The molecular formula is C26H24F6N2O2. The van der Waals surface area contributed by atoms with Gasteiger partial charge in [-0.25, -0.2) is 0 Å². The topological polar surface area (TPSA) is 40.6 Å². The number of ketones is 1. The van der Waals surface area contributed by atoms with E-state index in [1.807, 2.05) is 0 Å². The number of carbonyl (C=O) groups excluding carboxylic acids is 2. The summed E-state index contributed by atoms with van der Waals surface area (Å²) in [4.78, 5) is 29.1. The molecular weight excluding hydrogens is 486 g/mol. The zero-order chi connectivity index (χ0) is 26.7. The van der Waals surface area contributed by atoms with Gasteiger partial charge in [-0.15, -0.1) is 0 Å². The van der Waals surface area contributed by atoms with Gasteiger partial charge in [-0.2, -0.15) is 26.3 Å². The number of alkyl halides is 6. The van der Waals surface area contributed by atoms with Gasteiger partial charge in [0.25, 0.3) is 0 Å². The molecule has 0 N–H and O–H groups in total. The minimum absolute atomic E-state index is 0.0695. The van der Waals surface area contributed by atoms with Gasteiger partial charge in [-0.1, -0.05) is 36.4 Å². The van der Waals surface area contributed by atoms with Gasteiger partial charge in [-0.3, -0.25) is 9.59 Å². The van der Waals surface area contributed by atoms with E-state index >= 15 is 0 Å². The molecule has 0 saturated carbocycles. The smallest absolute Gasteiger partial charge is 0.334 e. The molecule has 0 bridgehead atoms. The summed E-state index contributed by atoms with van der Waals surface area (Å²) in [5, 5.41) is 0. The van der Waals surface area contributed by atoms with Crippen molar-refractivity contribution in [2.45, 2.75) is 18.8 Å². The van der Waals surface area contributed by atoms with Crippen molar-refractivity contribution in [1.29, 1.82) is 0 Å². The Hall–Kier alpha value is -3.40. The number of nitrogens with zero attached hydrogens (tertiary/aromatic N) is 2. The van der Waals surface area contributed by atoms with E-state index < -0.39 is 29.3 Å². The van der Waals surface area contributed by atoms with E-state index in [4.69, 9.17) is 0 Å². The molecule has 1 aliphatic heterocycles. The Kier molecular flexibility index (Phi) is 8.08.